The Morgan fingerprint density at radius 2 is 1.83 bits per heavy atom. The van der Waals surface area contributed by atoms with Crippen molar-refractivity contribution in [1.29, 1.82) is 0 Å². The number of carboxylic acid groups (broad SMARTS) is 1. The molecule has 0 fully saturated rings. The molecule has 0 aliphatic rings. The van der Waals surface area contributed by atoms with Crippen LogP contribution in [0.15, 0.2) is 24.3 Å². The normalized spacial score (nSPS) is 12.5. The Morgan fingerprint density at radius 1 is 1.28 bits per heavy atom. The second-order valence-electron chi connectivity index (χ2n) is 4.75. The summed E-state index contributed by atoms with van der Waals surface area (Å²) >= 11 is 0. The molecule has 0 aliphatic heterocycles. The summed E-state index contributed by atoms with van der Waals surface area (Å²) in [5, 5.41) is 8.88. The maximum Gasteiger partial charge on any atom is 0.335 e. The molecule has 0 aromatic heterocycles. The third kappa shape index (κ3) is 3.74. The summed E-state index contributed by atoms with van der Waals surface area (Å²) in [5.41, 5.74) is 1.40. The monoisotopic (exact) mass is 250 g/mol. The molecule has 100 valence electrons. The number of aromatic carboxylic acids is 1. The highest BCUT2D eigenvalue weighted by molar-refractivity contribution is 5.88. The van der Waals surface area contributed by atoms with E-state index in [1.54, 1.807) is 12.1 Å². The zero-order valence-corrected chi connectivity index (χ0v) is 11.6. The number of hydrogen-bond donors (Lipinski definition) is 1. The van der Waals surface area contributed by atoms with E-state index < -0.39 is 5.97 Å². The van der Waals surface area contributed by atoms with Gasteiger partial charge in [0.25, 0.3) is 0 Å². The smallest absolute Gasteiger partial charge is 0.335 e. The second kappa shape index (κ2) is 6.40. The Hall–Kier alpha value is -1.55. The van der Waals surface area contributed by atoms with Crippen molar-refractivity contribution >= 4 is 11.7 Å². The molecule has 0 heterocycles. The molecule has 0 amide bonds. The summed E-state index contributed by atoms with van der Waals surface area (Å²) in [7, 11) is 4.11. The first-order valence-electron chi connectivity index (χ1n) is 6.20. The minimum Gasteiger partial charge on any atom is -0.478 e. The van der Waals surface area contributed by atoms with Gasteiger partial charge in [-0.2, -0.15) is 0 Å². The van der Waals surface area contributed by atoms with Crippen molar-refractivity contribution in [3.8, 4) is 0 Å². The van der Waals surface area contributed by atoms with Crippen molar-refractivity contribution < 1.29 is 9.90 Å². The molecule has 18 heavy (non-hydrogen) atoms. The third-order valence-corrected chi connectivity index (χ3v) is 2.95. The molecule has 1 rings (SSSR count). The van der Waals surface area contributed by atoms with Crippen molar-refractivity contribution in [3.05, 3.63) is 29.8 Å². The predicted molar refractivity (Wildman–Crippen MR) is 74.4 cm³/mol. The van der Waals surface area contributed by atoms with Crippen LogP contribution >= 0.6 is 0 Å². The van der Waals surface area contributed by atoms with Crippen LogP contribution in [0.2, 0.25) is 0 Å². The van der Waals surface area contributed by atoms with Gasteiger partial charge in [0.1, 0.15) is 0 Å². The topological polar surface area (TPSA) is 43.8 Å². The molecular formula is C14H22N2O2. The Balaban J connectivity index is 2.85. The molecule has 1 unspecified atom stereocenters. The summed E-state index contributed by atoms with van der Waals surface area (Å²) in [6.07, 6.45) is 0. The van der Waals surface area contributed by atoms with Crippen LogP contribution in [-0.4, -0.2) is 49.2 Å². The minimum atomic E-state index is -0.883. The van der Waals surface area contributed by atoms with Gasteiger partial charge in [-0.05, 0) is 52.2 Å². The van der Waals surface area contributed by atoms with E-state index in [0.29, 0.717) is 11.6 Å². The van der Waals surface area contributed by atoms with E-state index in [9.17, 15) is 4.79 Å². The average Bonchev–Trinajstić information content (AvgIpc) is 2.29. The number of benzene rings is 1. The minimum absolute atomic E-state index is 0.329. The summed E-state index contributed by atoms with van der Waals surface area (Å²) < 4.78 is 0. The Morgan fingerprint density at radius 3 is 2.22 bits per heavy atom. The van der Waals surface area contributed by atoms with Gasteiger partial charge in [-0.15, -0.1) is 0 Å². The van der Waals surface area contributed by atoms with Gasteiger partial charge in [-0.25, -0.2) is 4.79 Å². The molecule has 4 heteroatoms. The zero-order valence-electron chi connectivity index (χ0n) is 11.6. The molecule has 0 aliphatic carbocycles. The molecular weight excluding hydrogens is 228 g/mol. The van der Waals surface area contributed by atoms with Crippen molar-refractivity contribution in [2.24, 2.45) is 0 Å². The van der Waals surface area contributed by atoms with Crippen LogP contribution in [0.25, 0.3) is 0 Å². The van der Waals surface area contributed by atoms with Crippen LogP contribution in [0.5, 0.6) is 0 Å². The van der Waals surface area contributed by atoms with Gasteiger partial charge in [0, 0.05) is 24.8 Å². The van der Waals surface area contributed by atoms with Gasteiger partial charge in [0.2, 0.25) is 0 Å². The average molecular weight is 250 g/mol. The lowest BCUT2D eigenvalue weighted by Crippen LogP contribution is -2.40. The first kappa shape index (κ1) is 14.5. The van der Waals surface area contributed by atoms with Gasteiger partial charge in [0.15, 0.2) is 0 Å². The van der Waals surface area contributed by atoms with E-state index in [-0.39, 0.29) is 0 Å². The van der Waals surface area contributed by atoms with Gasteiger partial charge in [-0.3, -0.25) is 0 Å². The molecule has 1 N–H and O–H groups in total. The Labute approximate surface area is 109 Å². The van der Waals surface area contributed by atoms with E-state index in [1.165, 1.54) is 0 Å². The number of likely N-dealkylation sites (N-methyl/N-ethyl adjacent to an activating group) is 2. The fourth-order valence-electron chi connectivity index (χ4n) is 2.17. The lowest BCUT2D eigenvalue weighted by Gasteiger charge is -2.32. The van der Waals surface area contributed by atoms with Crippen LogP contribution in [0, 0.1) is 0 Å². The van der Waals surface area contributed by atoms with Gasteiger partial charge < -0.3 is 14.9 Å². The van der Waals surface area contributed by atoms with Crippen LogP contribution in [-0.2, 0) is 0 Å². The molecule has 1 aromatic rings. The zero-order chi connectivity index (χ0) is 13.7. The van der Waals surface area contributed by atoms with E-state index >= 15 is 0 Å². The Kier molecular flexibility index (Phi) is 5.16. The molecule has 0 saturated heterocycles. The van der Waals surface area contributed by atoms with Crippen molar-refractivity contribution in [3.63, 3.8) is 0 Å². The molecule has 1 atom stereocenters. The summed E-state index contributed by atoms with van der Waals surface area (Å²) in [4.78, 5) is 15.2. The SMILES string of the molecule is CCN(c1ccc(C(=O)O)cc1)C(C)CN(C)C. The summed E-state index contributed by atoms with van der Waals surface area (Å²) in [5.74, 6) is -0.883. The highest BCUT2D eigenvalue weighted by atomic mass is 16.4. The standard InChI is InChI=1S/C14H22N2O2/c1-5-16(11(2)10-15(3)4)13-8-6-12(7-9-13)14(17)18/h6-9,11H,5,10H2,1-4H3,(H,17,18). The van der Waals surface area contributed by atoms with E-state index in [2.05, 4.69) is 37.7 Å². The van der Waals surface area contributed by atoms with Gasteiger partial charge >= 0.3 is 5.97 Å². The number of rotatable bonds is 6. The summed E-state index contributed by atoms with van der Waals surface area (Å²) in [6, 6.07) is 7.45. The van der Waals surface area contributed by atoms with Crippen molar-refractivity contribution in [2.45, 2.75) is 19.9 Å². The first-order valence-corrected chi connectivity index (χ1v) is 6.20. The maximum absolute atomic E-state index is 10.8. The third-order valence-electron chi connectivity index (χ3n) is 2.95. The summed E-state index contributed by atoms with van der Waals surface area (Å²) in [6.45, 7) is 6.15. The first-order chi connectivity index (χ1) is 8.45. The highest BCUT2D eigenvalue weighted by Gasteiger charge is 2.14. The van der Waals surface area contributed by atoms with Crippen LogP contribution in [0.1, 0.15) is 24.2 Å². The highest BCUT2D eigenvalue weighted by Crippen LogP contribution is 2.18. The van der Waals surface area contributed by atoms with Crippen molar-refractivity contribution in [2.75, 3.05) is 32.1 Å². The fraction of sp³-hybridized carbons (Fsp3) is 0.500. The fourth-order valence-corrected chi connectivity index (χ4v) is 2.17. The Bertz CT molecular complexity index is 387. The van der Waals surface area contributed by atoms with Gasteiger partial charge in [0.05, 0.1) is 5.56 Å². The predicted octanol–water partition coefficient (Wildman–Crippen LogP) is 2.16. The lowest BCUT2D eigenvalue weighted by atomic mass is 10.1. The van der Waals surface area contributed by atoms with E-state index in [0.717, 1.165) is 18.8 Å². The van der Waals surface area contributed by atoms with Crippen LogP contribution in [0.4, 0.5) is 5.69 Å². The molecule has 0 spiro atoms. The van der Waals surface area contributed by atoms with Crippen molar-refractivity contribution in [1.82, 2.24) is 4.90 Å². The molecule has 0 saturated carbocycles. The number of carboxylic acids is 1. The quantitative estimate of drug-likeness (QED) is 0.840. The van der Waals surface area contributed by atoms with Crippen LogP contribution < -0.4 is 4.90 Å². The number of carbonyl (C=O) groups is 1. The molecule has 1 aromatic carbocycles. The van der Waals surface area contributed by atoms with E-state index in [1.807, 2.05) is 12.1 Å². The maximum atomic E-state index is 10.8. The molecule has 0 radical (unpaired) electrons. The second-order valence-corrected chi connectivity index (χ2v) is 4.75. The van der Waals surface area contributed by atoms with Crippen LogP contribution in [0.3, 0.4) is 0 Å². The van der Waals surface area contributed by atoms with E-state index in [4.69, 9.17) is 5.11 Å². The molecule has 4 nitrogen and oxygen atoms in total. The largest absolute Gasteiger partial charge is 0.478 e. The number of anilines is 1. The number of hydrogen-bond acceptors (Lipinski definition) is 3. The lowest BCUT2D eigenvalue weighted by molar-refractivity contribution is 0.0697. The number of nitrogens with zero attached hydrogens (tertiary/aromatic N) is 2. The molecule has 0 bridgehead atoms. The van der Waals surface area contributed by atoms with Gasteiger partial charge in [-0.1, -0.05) is 0 Å².